The maximum absolute atomic E-state index is 13.2. The van der Waals surface area contributed by atoms with Crippen molar-refractivity contribution >= 4 is 45.6 Å². The Hall–Kier alpha value is -0.590. The lowest BCUT2D eigenvalue weighted by atomic mass is 9.96. The molecule has 1 spiro atoms. The summed E-state index contributed by atoms with van der Waals surface area (Å²) in [5, 5.41) is -4.89. The largest absolute Gasteiger partial charge is 0.465 e. The molecule has 1 N–H and O–H groups in total. The first-order valence-electron chi connectivity index (χ1n) is 7.13. The van der Waals surface area contributed by atoms with E-state index in [0.29, 0.717) is 32.1 Å². The highest BCUT2D eigenvalue weighted by Gasteiger charge is 2.56. The second kappa shape index (κ2) is 5.99. The zero-order valence-electron chi connectivity index (χ0n) is 12.1. The van der Waals surface area contributed by atoms with Gasteiger partial charge < -0.3 is 9.47 Å². The van der Waals surface area contributed by atoms with Gasteiger partial charge in [0.25, 0.3) is 0 Å². The summed E-state index contributed by atoms with van der Waals surface area (Å²) in [6, 6.07) is 0. The average molecular weight is 404 g/mol. The second-order valence-electron chi connectivity index (χ2n) is 5.84. The van der Waals surface area contributed by atoms with Crippen LogP contribution < -0.4 is 0 Å². The highest BCUT2D eigenvalue weighted by molar-refractivity contribution is 8.22. The van der Waals surface area contributed by atoms with Gasteiger partial charge in [0.05, 0.1) is 15.7 Å². The van der Waals surface area contributed by atoms with E-state index in [-0.39, 0.29) is 20.7 Å². The van der Waals surface area contributed by atoms with E-state index in [1.807, 2.05) is 0 Å². The first kappa shape index (κ1) is 18.2. The first-order chi connectivity index (χ1) is 11.0. The van der Waals surface area contributed by atoms with Crippen LogP contribution in [0.3, 0.4) is 0 Å². The smallest absolute Gasteiger partial charge is 0.457 e. The van der Waals surface area contributed by atoms with Crippen molar-refractivity contribution < 1.29 is 40.8 Å². The molecule has 0 aromatic heterocycles. The predicted molar refractivity (Wildman–Crippen MR) is 81.0 cm³/mol. The van der Waals surface area contributed by atoms with Crippen molar-refractivity contribution in [1.82, 2.24) is 0 Å². The van der Waals surface area contributed by atoms with Crippen molar-refractivity contribution in [2.24, 2.45) is 0 Å². The molecule has 1 aliphatic carbocycles. The van der Waals surface area contributed by atoms with Gasteiger partial charge in [-0.05, 0) is 25.7 Å². The minimum Gasteiger partial charge on any atom is -0.457 e. The van der Waals surface area contributed by atoms with Crippen molar-refractivity contribution in [3.63, 3.8) is 0 Å². The lowest BCUT2D eigenvalue weighted by molar-refractivity contribution is -0.168. The maximum atomic E-state index is 13.2. The SMILES string of the molecule is O=C1CC2SC3(CCC(OC(=O)C(F)(F)S(=O)(=O)O)CC3)SC2O1. The number of hydrogen-bond donors (Lipinski definition) is 1. The molecule has 12 heteroatoms. The zero-order chi connectivity index (χ0) is 17.8. The van der Waals surface area contributed by atoms with E-state index in [1.165, 1.54) is 11.8 Å². The Labute approximate surface area is 144 Å². The fourth-order valence-corrected chi connectivity index (χ4v) is 7.11. The Balaban J connectivity index is 1.55. The molecule has 0 radical (unpaired) electrons. The summed E-state index contributed by atoms with van der Waals surface area (Å²) >= 11 is 3.17. The standard InChI is InChI=1S/C12H14F2O7S3/c13-12(14,24(17,18)19)10(16)20-6-1-3-11(4-2-6)22-7-5-8(15)21-9(7)23-11/h6-7,9H,1-5H2,(H,17,18,19). The van der Waals surface area contributed by atoms with Gasteiger partial charge in [0.15, 0.2) is 5.44 Å². The highest BCUT2D eigenvalue weighted by Crippen LogP contribution is 2.61. The van der Waals surface area contributed by atoms with Gasteiger partial charge in [0.1, 0.15) is 6.10 Å². The quantitative estimate of drug-likeness (QED) is 0.556. The molecule has 24 heavy (non-hydrogen) atoms. The number of thioether (sulfide) groups is 2. The lowest BCUT2D eigenvalue weighted by Gasteiger charge is -2.36. The Morgan fingerprint density at radius 1 is 1.33 bits per heavy atom. The van der Waals surface area contributed by atoms with Crippen molar-refractivity contribution in [2.45, 2.75) is 58.2 Å². The number of esters is 2. The Kier molecular flexibility index (Phi) is 4.54. The molecule has 2 aliphatic heterocycles. The van der Waals surface area contributed by atoms with Crippen LogP contribution in [0.4, 0.5) is 8.78 Å². The van der Waals surface area contributed by atoms with Crippen LogP contribution in [0.2, 0.25) is 0 Å². The van der Waals surface area contributed by atoms with Crippen LogP contribution in [-0.2, 0) is 29.2 Å². The zero-order valence-corrected chi connectivity index (χ0v) is 14.6. The van der Waals surface area contributed by atoms with E-state index in [9.17, 15) is 26.8 Å². The fraction of sp³-hybridized carbons (Fsp3) is 0.833. The monoisotopic (exact) mass is 404 g/mol. The first-order valence-corrected chi connectivity index (χ1v) is 10.3. The lowest BCUT2D eigenvalue weighted by Crippen LogP contribution is -2.42. The molecule has 1 saturated carbocycles. The molecular formula is C12H14F2O7S3. The van der Waals surface area contributed by atoms with E-state index in [1.54, 1.807) is 11.8 Å². The van der Waals surface area contributed by atoms with Crippen LogP contribution >= 0.6 is 23.5 Å². The van der Waals surface area contributed by atoms with Gasteiger partial charge in [-0.2, -0.15) is 17.2 Å². The van der Waals surface area contributed by atoms with Crippen molar-refractivity contribution in [2.75, 3.05) is 0 Å². The molecule has 2 atom stereocenters. The molecule has 0 bridgehead atoms. The Bertz CT molecular complexity index is 640. The minimum atomic E-state index is -5.85. The van der Waals surface area contributed by atoms with Gasteiger partial charge in [-0.1, -0.05) is 11.8 Å². The summed E-state index contributed by atoms with van der Waals surface area (Å²) in [5.74, 6) is -2.49. The van der Waals surface area contributed by atoms with Crippen LogP contribution in [-0.4, -0.2) is 51.0 Å². The van der Waals surface area contributed by atoms with Gasteiger partial charge in [-0.25, -0.2) is 4.79 Å². The molecule has 3 rings (SSSR count). The molecule has 3 aliphatic rings. The van der Waals surface area contributed by atoms with E-state index in [0.717, 1.165) is 0 Å². The average Bonchev–Trinajstić information content (AvgIpc) is 2.94. The summed E-state index contributed by atoms with van der Waals surface area (Å²) in [6.45, 7) is 0. The van der Waals surface area contributed by atoms with E-state index >= 15 is 0 Å². The minimum absolute atomic E-state index is 0.0745. The Morgan fingerprint density at radius 3 is 2.50 bits per heavy atom. The van der Waals surface area contributed by atoms with Gasteiger partial charge in [0.2, 0.25) is 0 Å². The van der Waals surface area contributed by atoms with Crippen LogP contribution in [0.5, 0.6) is 0 Å². The number of fused-ring (bicyclic) bond motifs is 1. The third-order valence-corrected chi connectivity index (χ3v) is 8.76. The molecule has 7 nitrogen and oxygen atoms in total. The van der Waals surface area contributed by atoms with Gasteiger partial charge in [-0.3, -0.25) is 9.35 Å². The number of rotatable bonds is 3. The third-order valence-electron chi connectivity index (χ3n) is 4.15. The van der Waals surface area contributed by atoms with Crippen LogP contribution in [0.1, 0.15) is 32.1 Å². The van der Waals surface area contributed by atoms with E-state index < -0.39 is 27.4 Å². The number of hydrogen-bond acceptors (Lipinski definition) is 8. The number of ether oxygens (including phenoxy) is 2. The van der Waals surface area contributed by atoms with Crippen molar-refractivity contribution in [3.8, 4) is 0 Å². The summed E-state index contributed by atoms with van der Waals surface area (Å²) in [4.78, 5) is 22.5. The molecule has 2 saturated heterocycles. The van der Waals surface area contributed by atoms with Crippen molar-refractivity contribution in [1.29, 1.82) is 0 Å². The topological polar surface area (TPSA) is 107 Å². The van der Waals surface area contributed by atoms with Gasteiger partial charge in [0, 0.05) is 0 Å². The molecule has 0 aromatic carbocycles. The summed E-state index contributed by atoms with van der Waals surface area (Å²) in [5.41, 5.74) is -0.203. The van der Waals surface area contributed by atoms with Crippen LogP contribution in [0, 0.1) is 0 Å². The van der Waals surface area contributed by atoms with Crippen molar-refractivity contribution in [3.05, 3.63) is 0 Å². The molecule has 0 amide bonds. The molecule has 0 aromatic rings. The third kappa shape index (κ3) is 3.25. The fourth-order valence-electron chi connectivity index (χ4n) is 2.94. The summed E-state index contributed by atoms with van der Waals surface area (Å²) < 4.78 is 65.4. The number of alkyl halides is 2. The number of halogens is 2. The maximum Gasteiger partial charge on any atom is 0.465 e. The summed E-state index contributed by atoms with van der Waals surface area (Å²) in [7, 11) is -5.85. The van der Waals surface area contributed by atoms with Gasteiger partial charge >= 0.3 is 27.3 Å². The van der Waals surface area contributed by atoms with Gasteiger partial charge in [-0.15, -0.1) is 11.8 Å². The number of carbonyl (C=O) groups is 2. The van der Waals surface area contributed by atoms with Crippen LogP contribution in [0.15, 0.2) is 0 Å². The predicted octanol–water partition coefficient (Wildman–Crippen LogP) is 1.77. The molecular weight excluding hydrogens is 390 g/mol. The molecule has 3 fully saturated rings. The second-order valence-corrected chi connectivity index (χ2v) is 10.7. The Morgan fingerprint density at radius 2 is 1.96 bits per heavy atom. The molecule has 2 unspecified atom stereocenters. The van der Waals surface area contributed by atoms with E-state index in [4.69, 9.17) is 9.29 Å². The molecule has 136 valence electrons. The highest BCUT2D eigenvalue weighted by atomic mass is 32.2. The number of carbonyl (C=O) groups excluding carboxylic acids is 2. The van der Waals surface area contributed by atoms with E-state index in [2.05, 4.69) is 4.74 Å². The normalized spacial score (nSPS) is 36.5. The summed E-state index contributed by atoms with van der Waals surface area (Å²) in [6.07, 6.45) is 1.22. The van der Waals surface area contributed by atoms with Crippen LogP contribution in [0.25, 0.3) is 0 Å². The molecule has 2 heterocycles.